The molecule has 0 aromatic heterocycles. The molecule has 17 nitrogen and oxygen atoms in total. The fraction of sp³-hybridized carbons (Fsp3) is 0.532. The van der Waals surface area contributed by atoms with Crippen molar-refractivity contribution in [1.82, 2.24) is 10.6 Å². The minimum atomic E-state index is -4.58. The van der Waals surface area contributed by atoms with Gasteiger partial charge in [-0.25, -0.2) is 0 Å². The summed E-state index contributed by atoms with van der Waals surface area (Å²) >= 11 is 0. The Balaban J connectivity index is 1.48. The molecule has 0 radical (unpaired) electrons. The molecule has 2 aromatic carbocycles. The van der Waals surface area contributed by atoms with Crippen LogP contribution in [-0.2, 0) is 50.2 Å². The van der Waals surface area contributed by atoms with Crippen molar-refractivity contribution in [3.63, 3.8) is 0 Å². The molecule has 0 bridgehead atoms. The second-order valence-electron chi connectivity index (χ2n) is 18.1. The van der Waals surface area contributed by atoms with E-state index in [0.717, 1.165) is 23.5 Å². The van der Waals surface area contributed by atoms with Gasteiger partial charge in [-0.05, 0) is 107 Å². The quantitative estimate of drug-likeness (QED) is 0.0723. The summed E-state index contributed by atoms with van der Waals surface area (Å²) in [4.78, 5) is 38.4. The van der Waals surface area contributed by atoms with E-state index in [1.807, 2.05) is 49.1 Å². The monoisotopic (exact) mass is 989 g/mol. The first-order valence-corrected chi connectivity index (χ1v) is 27.5. The Morgan fingerprint density at radius 1 is 0.776 bits per heavy atom. The third-order valence-electron chi connectivity index (χ3n) is 12.7. The van der Waals surface area contributed by atoms with Gasteiger partial charge in [-0.1, -0.05) is 43.9 Å². The van der Waals surface area contributed by atoms with Crippen molar-refractivity contribution >= 4 is 65.2 Å². The number of carboxylic acid groups (broad SMARTS) is 1. The van der Waals surface area contributed by atoms with Gasteiger partial charge in [-0.2, -0.15) is 29.8 Å². The average molecular weight is 990 g/mol. The number of hydrogen-bond acceptors (Lipinski definition) is 10. The van der Waals surface area contributed by atoms with Crippen LogP contribution in [0.25, 0.3) is 0 Å². The number of nitrogens with zero attached hydrogens (tertiary/aromatic N) is 2. The molecule has 2 unspecified atom stereocenters. The largest absolute Gasteiger partial charge is 0.481 e. The number of unbranched alkanes of at least 4 members (excludes halogenated alkanes) is 2. The van der Waals surface area contributed by atoms with Gasteiger partial charge in [0.1, 0.15) is 6.54 Å². The predicted octanol–water partition coefficient (Wildman–Crippen LogP) is 6.84. The molecular formula is C47H65N4O13S3+. The summed E-state index contributed by atoms with van der Waals surface area (Å²) in [5.41, 5.74) is 3.64. The lowest BCUT2D eigenvalue weighted by molar-refractivity contribution is -0.438. The van der Waals surface area contributed by atoms with Crippen LogP contribution in [0, 0.1) is 5.92 Å². The van der Waals surface area contributed by atoms with E-state index in [0.29, 0.717) is 107 Å². The van der Waals surface area contributed by atoms with Crippen molar-refractivity contribution in [2.24, 2.45) is 5.92 Å². The van der Waals surface area contributed by atoms with Crippen LogP contribution in [0.15, 0.2) is 82.3 Å². The molecular weight excluding hydrogens is 925 g/mol. The highest BCUT2D eigenvalue weighted by molar-refractivity contribution is 7.86. The Bertz CT molecular complexity index is 2600. The smallest absolute Gasteiger partial charge is 0.303 e. The van der Waals surface area contributed by atoms with Crippen molar-refractivity contribution in [3.05, 3.63) is 83.6 Å². The van der Waals surface area contributed by atoms with E-state index in [1.54, 1.807) is 12.1 Å². The lowest BCUT2D eigenvalue weighted by Gasteiger charge is -2.23. The Kier molecular flexibility index (Phi) is 18.7. The average Bonchev–Trinajstić information content (AvgIpc) is 3.64. The lowest BCUT2D eigenvalue weighted by Crippen LogP contribution is -2.36. The van der Waals surface area contributed by atoms with E-state index in [2.05, 4.69) is 15.2 Å². The van der Waals surface area contributed by atoms with Crippen LogP contribution in [0.5, 0.6) is 0 Å². The van der Waals surface area contributed by atoms with Crippen LogP contribution >= 0.6 is 0 Å². The van der Waals surface area contributed by atoms with Crippen LogP contribution in [-0.4, -0.2) is 104 Å². The van der Waals surface area contributed by atoms with Crippen LogP contribution in [0.1, 0.15) is 127 Å². The number of carbonyl (C=O) groups is 3. The van der Waals surface area contributed by atoms with Gasteiger partial charge in [0.05, 0.1) is 21.0 Å². The highest BCUT2D eigenvalue weighted by Gasteiger charge is 2.45. The maximum Gasteiger partial charge on any atom is 0.303 e. The maximum atomic E-state index is 13.1. The molecule has 368 valence electrons. The first-order chi connectivity index (χ1) is 31.6. The minimum Gasteiger partial charge on any atom is -0.481 e. The molecule has 2 amide bonds. The number of fused-ring (bicyclic) bond motifs is 5. The van der Waals surface area contributed by atoms with Gasteiger partial charge in [0.25, 0.3) is 30.4 Å². The number of benzene rings is 2. The van der Waals surface area contributed by atoms with Gasteiger partial charge < -0.3 is 20.6 Å². The number of nitrogens with one attached hydrogen (secondary N) is 2. The molecule has 0 spiro atoms. The third kappa shape index (κ3) is 15.4. The van der Waals surface area contributed by atoms with E-state index in [4.69, 9.17) is 5.11 Å². The number of carboxylic acids is 1. The van der Waals surface area contributed by atoms with Gasteiger partial charge >= 0.3 is 5.97 Å². The van der Waals surface area contributed by atoms with Crippen LogP contribution in [0.2, 0.25) is 0 Å². The summed E-state index contributed by atoms with van der Waals surface area (Å²) in [6.45, 7) is 5.35. The Labute approximate surface area is 394 Å². The fourth-order valence-electron chi connectivity index (χ4n) is 9.19. The molecule has 67 heavy (non-hydrogen) atoms. The summed E-state index contributed by atoms with van der Waals surface area (Å²) in [6, 6.07) is 8.82. The Hall–Kier alpha value is -4.73. The number of hydrogen-bond donors (Lipinski definition) is 6. The van der Waals surface area contributed by atoms with Gasteiger partial charge in [0, 0.05) is 80.3 Å². The van der Waals surface area contributed by atoms with Crippen LogP contribution in [0.3, 0.4) is 0 Å². The Morgan fingerprint density at radius 2 is 1.42 bits per heavy atom. The molecule has 5 rings (SSSR count). The molecule has 0 aliphatic carbocycles. The molecule has 0 saturated heterocycles. The van der Waals surface area contributed by atoms with E-state index in [9.17, 15) is 53.3 Å². The second kappa shape index (κ2) is 23.5. The standard InChI is InChI=1S/C47H64N4O13S3/c1-47(2)39-31-36(67(62,63)64)24-26-42(39)51-27-14-6-12-21-45(53)49-33-34(16-7-3-13-22-46(54)55)32-48-44(52)20-11-4-8-17-37-38-30-35(66(59,60)61)23-25-41(38)50(28-15-29-65(56,57)58)40(37)18-9-5-10-19-43(47)51/h5,9-10,18-19,23-26,30-31,34,37H,3-4,6-8,11-17,20-22,27-29,32-33H2,1-2H3,(H5-,48,49,52,53,54,55,56,57,58,59,60,61,62,63,64)/p+1. The third-order valence-corrected chi connectivity index (χ3v) is 15.2. The summed E-state index contributed by atoms with van der Waals surface area (Å²) in [5.74, 6) is -2.05. The molecule has 0 saturated carbocycles. The number of anilines is 1. The number of rotatable bonds is 12. The lowest BCUT2D eigenvalue weighted by atomic mass is 9.81. The summed E-state index contributed by atoms with van der Waals surface area (Å²) in [7, 11) is -13.3. The summed E-state index contributed by atoms with van der Waals surface area (Å²) in [6.07, 6.45) is 17.0. The number of allylic oxidation sites excluding steroid dienone is 6. The zero-order valence-electron chi connectivity index (χ0n) is 38.2. The Morgan fingerprint density at radius 3 is 2.06 bits per heavy atom. The molecule has 6 N–H and O–H groups in total. The minimum absolute atomic E-state index is 0.0577. The van der Waals surface area contributed by atoms with E-state index in [1.165, 1.54) is 24.3 Å². The fourth-order valence-corrected chi connectivity index (χ4v) is 10.7. The number of aliphatic carboxylic acids is 1. The SMILES string of the molecule is CC1(C)C2=[N+](CCCCCC(=O)NCC(CCCCCC(=O)O)CNC(=O)CCCCCC3/C(=C/C=C/C=C2)N(CCCS(=O)(=O)O)c2ccc(S(=O)(=O)O)cc23)c2ccc(S(=O)(=O)O)cc21. The van der Waals surface area contributed by atoms with Crippen LogP contribution in [0.4, 0.5) is 11.4 Å². The molecule has 0 fully saturated rings. The van der Waals surface area contributed by atoms with E-state index < -0.39 is 47.5 Å². The van der Waals surface area contributed by atoms with Gasteiger partial charge in [0.2, 0.25) is 17.5 Å². The predicted molar refractivity (Wildman–Crippen MR) is 255 cm³/mol. The first kappa shape index (κ1) is 53.2. The summed E-state index contributed by atoms with van der Waals surface area (Å²) in [5, 5.41) is 15.1. The highest BCUT2D eigenvalue weighted by atomic mass is 32.2. The van der Waals surface area contributed by atoms with Crippen molar-refractivity contribution in [2.45, 2.75) is 131 Å². The zero-order valence-corrected chi connectivity index (χ0v) is 40.7. The number of amides is 2. The molecule has 2 aromatic rings. The van der Waals surface area contributed by atoms with Crippen LogP contribution < -0.4 is 15.5 Å². The topological polar surface area (TPSA) is 265 Å². The second-order valence-corrected chi connectivity index (χ2v) is 22.5. The summed E-state index contributed by atoms with van der Waals surface area (Å²) < 4.78 is 104. The first-order valence-electron chi connectivity index (χ1n) is 23.0. The van der Waals surface area contributed by atoms with Crippen molar-refractivity contribution < 1.29 is 63.0 Å². The van der Waals surface area contributed by atoms with Gasteiger partial charge in [-0.3, -0.25) is 28.0 Å². The van der Waals surface area contributed by atoms with Crippen molar-refractivity contribution in [2.75, 3.05) is 36.8 Å². The normalized spacial score (nSPS) is 21.8. The van der Waals surface area contributed by atoms with Crippen molar-refractivity contribution in [1.29, 1.82) is 0 Å². The van der Waals surface area contributed by atoms with E-state index in [-0.39, 0.29) is 59.2 Å². The molecule has 2 atom stereocenters. The van der Waals surface area contributed by atoms with E-state index >= 15 is 0 Å². The van der Waals surface area contributed by atoms with Crippen molar-refractivity contribution in [3.8, 4) is 0 Å². The number of carbonyl (C=O) groups excluding carboxylic acids is 2. The molecule has 20 heteroatoms. The molecule has 3 aliphatic heterocycles. The maximum absolute atomic E-state index is 13.1. The molecule has 3 heterocycles. The van der Waals surface area contributed by atoms with Gasteiger partial charge in [-0.15, -0.1) is 0 Å². The highest BCUT2D eigenvalue weighted by Crippen LogP contribution is 2.47. The zero-order chi connectivity index (χ0) is 49.0. The van der Waals surface area contributed by atoms with Gasteiger partial charge in [0.15, 0.2) is 5.71 Å². The molecule has 3 aliphatic rings.